The molecule has 8 saturated carbocycles. The largest absolute Gasteiger partial charge is 0.506 e. The van der Waals surface area contributed by atoms with Crippen LogP contribution in [0.3, 0.4) is 0 Å². The van der Waals surface area contributed by atoms with Gasteiger partial charge in [-0.1, -0.05) is 36.4 Å². The molecule has 0 aromatic heterocycles. The second kappa shape index (κ2) is 11.1. The molecule has 4 aromatic carbocycles. The van der Waals surface area contributed by atoms with Gasteiger partial charge in [-0.05, 0) is 148 Å². The van der Waals surface area contributed by atoms with Gasteiger partial charge < -0.3 is 31.2 Å². The molecule has 12 rings (SSSR count). The van der Waals surface area contributed by atoms with E-state index in [1.807, 2.05) is 48.5 Å². The Hall–Kier alpha value is -4.32. The summed E-state index contributed by atoms with van der Waals surface area (Å²) in [4.78, 5) is 0. The first-order valence-electron chi connectivity index (χ1n) is 19.0. The molecule has 8 bridgehead atoms. The van der Waals surface area contributed by atoms with Crippen LogP contribution in [-0.2, 0) is 10.8 Å². The summed E-state index contributed by atoms with van der Waals surface area (Å²) in [6.07, 6.45) is 15.1. The molecular weight excluding hydrogens is 620 g/mol. The minimum atomic E-state index is 0.0344. The number of phenolic OH excluding ortho intramolecular Hbond substituents is 2. The molecule has 6 nitrogen and oxygen atoms in total. The molecule has 6 N–H and O–H groups in total. The number of ether oxygens (including phenoxy) is 2. The lowest BCUT2D eigenvalue weighted by Gasteiger charge is -2.57. The molecular formula is C44H48N2O4. The highest BCUT2D eigenvalue weighted by Gasteiger charge is 2.54. The third-order valence-corrected chi connectivity index (χ3v) is 14.0. The number of rotatable bonds is 7. The third-order valence-electron chi connectivity index (χ3n) is 14.0. The van der Waals surface area contributed by atoms with Crippen LogP contribution in [0, 0.1) is 35.5 Å². The van der Waals surface area contributed by atoms with Gasteiger partial charge in [0.05, 0.1) is 11.4 Å². The second-order valence-corrected chi connectivity index (χ2v) is 17.4. The van der Waals surface area contributed by atoms with E-state index in [0.717, 1.165) is 57.8 Å². The molecule has 8 fully saturated rings. The number of hydrogen-bond acceptors (Lipinski definition) is 6. The number of aromatic hydroxyl groups is 2. The van der Waals surface area contributed by atoms with Crippen LogP contribution < -0.4 is 20.9 Å². The lowest BCUT2D eigenvalue weighted by atomic mass is 9.48. The number of hydrogen-bond donors (Lipinski definition) is 4. The van der Waals surface area contributed by atoms with Crippen molar-refractivity contribution in [2.45, 2.75) is 87.9 Å². The quantitative estimate of drug-likeness (QED) is 0.115. The van der Waals surface area contributed by atoms with Crippen molar-refractivity contribution in [1.29, 1.82) is 0 Å². The topological polar surface area (TPSA) is 111 Å². The predicted octanol–water partition coefficient (Wildman–Crippen LogP) is 10.4. The molecule has 0 aliphatic heterocycles. The molecule has 0 heterocycles. The maximum absolute atomic E-state index is 10.9. The Bertz CT molecular complexity index is 1790. The molecule has 50 heavy (non-hydrogen) atoms. The summed E-state index contributed by atoms with van der Waals surface area (Å²) in [5, 5.41) is 21.8. The van der Waals surface area contributed by atoms with Gasteiger partial charge >= 0.3 is 0 Å². The van der Waals surface area contributed by atoms with E-state index >= 15 is 0 Å². The van der Waals surface area contributed by atoms with Crippen molar-refractivity contribution in [2.75, 3.05) is 11.5 Å². The van der Waals surface area contributed by atoms with Gasteiger partial charge in [0, 0.05) is 34.4 Å². The van der Waals surface area contributed by atoms with Gasteiger partial charge in [-0.3, -0.25) is 0 Å². The maximum atomic E-state index is 10.9. The Morgan fingerprint density at radius 2 is 0.780 bits per heavy atom. The molecule has 0 atom stereocenters. The van der Waals surface area contributed by atoms with E-state index in [0.29, 0.717) is 34.4 Å². The summed E-state index contributed by atoms with van der Waals surface area (Å²) in [6, 6.07) is 23.6. The summed E-state index contributed by atoms with van der Waals surface area (Å²) in [7, 11) is 0. The van der Waals surface area contributed by atoms with E-state index in [1.165, 1.54) is 77.0 Å². The Labute approximate surface area is 294 Å². The molecule has 6 heteroatoms. The highest BCUT2D eigenvalue weighted by molar-refractivity contribution is 5.77. The van der Waals surface area contributed by atoms with Crippen molar-refractivity contribution in [3.8, 4) is 45.6 Å². The summed E-state index contributed by atoms with van der Waals surface area (Å²) >= 11 is 0. The number of nitrogens with two attached hydrogens (primary N) is 2. The summed E-state index contributed by atoms with van der Waals surface area (Å²) in [6.45, 7) is 0. The summed E-state index contributed by atoms with van der Waals surface area (Å²) in [5.41, 5.74) is 17.8. The first-order valence-corrected chi connectivity index (χ1v) is 19.0. The smallest absolute Gasteiger partial charge is 0.142 e. The van der Waals surface area contributed by atoms with Crippen molar-refractivity contribution in [1.82, 2.24) is 0 Å². The summed E-state index contributed by atoms with van der Waals surface area (Å²) < 4.78 is 13.8. The first kappa shape index (κ1) is 30.5. The number of phenols is 2. The Kier molecular flexibility index (Phi) is 6.76. The number of para-hydroxylation sites is 2. The molecule has 0 amide bonds. The van der Waals surface area contributed by atoms with Crippen molar-refractivity contribution in [3.63, 3.8) is 0 Å². The molecule has 0 radical (unpaired) electrons. The fourth-order valence-corrected chi connectivity index (χ4v) is 12.8. The minimum absolute atomic E-state index is 0.0344. The van der Waals surface area contributed by atoms with Crippen LogP contribution in [0.15, 0.2) is 72.8 Å². The highest BCUT2D eigenvalue weighted by Crippen LogP contribution is 2.64. The third kappa shape index (κ3) is 4.88. The summed E-state index contributed by atoms with van der Waals surface area (Å²) in [5.74, 6) is 7.44. The van der Waals surface area contributed by atoms with Crippen molar-refractivity contribution in [2.24, 2.45) is 35.5 Å². The average Bonchev–Trinajstić information content (AvgIpc) is 3.07. The van der Waals surface area contributed by atoms with Crippen LogP contribution in [-0.4, -0.2) is 10.2 Å². The van der Waals surface area contributed by atoms with E-state index in [9.17, 15) is 10.2 Å². The zero-order chi connectivity index (χ0) is 33.8. The normalized spacial score (nSPS) is 33.1. The number of benzene rings is 4. The first-order chi connectivity index (χ1) is 24.2. The van der Waals surface area contributed by atoms with Gasteiger partial charge in [-0.2, -0.15) is 0 Å². The predicted molar refractivity (Wildman–Crippen MR) is 197 cm³/mol. The zero-order valence-electron chi connectivity index (χ0n) is 28.7. The fraction of sp³-hybridized carbons (Fsp3) is 0.455. The van der Waals surface area contributed by atoms with Crippen LogP contribution in [0.5, 0.6) is 34.5 Å². The van der Waals surface area contributed by atoms with Gasteiger partial charge in [0.15, 0.2) is 0 Å². The standard InChI is InChI=1S/C44H48N2O4/c45-35-15-33(43-19-25-9-26(20-43)11-27(10-25)21-43)41(17-37(35)47)49-39-7-3-1-5-31(39)32-6-2-4-8-40(32)50-42-18-38(48)36(46)16-34(42)44-22-28-12-29(23-44)14-30(13-28)24-44/h1-8,15-18,25-30,47-48H,9-14,19-24,45-46H2. The van der Waals surface area contributed by atoms with E-state index < -0.39 is 0 Å². The number of anilines is 2. The van der Waals surface area contributed by atoms with Gasteiger partial charge in [0.1, 0.15) is 34.5 Å². The molecule has 0 spiro atoms. The monoisotopic (exact) mass is 668 g/mol. The lowest BCUT2D eigenvalue weighted by molar-refractivity contribution is -0.00612. The average molecular weight is 669 g/mol. The molecule has 258 valence electrons. The highest BCUT2D eigenvalue weighted by atomic mass is 16.5. The fourth-order valence-electron chi connectivity index (χ4n) is 12.8. The molecule has 8 aliphatic rings. The van der Waals surface area contributed by atoms with Crippen LogP contribution in [0.4, 0.5) is 11.4 Å². The van der Waals surface area contributed by atoms with E-state index in [1.54, 1.807) is 12.1 Å². The van der Waals surface area contributed by atoms with Crippen LogP contribution >= 0.6 is 0 Å². The molecule has 0 saturated heterocycles. The SMILES string of the molecule is Nc1cc(C23CC4CC(CC(C4)C2)C3)c(Oc2ccccc2-c2ccccc2Oc2cc(O)c(N)cc2C23CC4CC(CC(C4)C2)C3)cc1O. The lowest BCUT2D eigenvalue weighted by Crippen LogP contribution is -2.48. The molecule has 8 aliphatic carbocycles. The van der Waals surface area contributed by atoms with Crippen molar-refractivity contribution >= 4 is 11.4 Å². The van der Waals surface area contributed by atoms with Crippen molar-refractivity contribution < 1.29 is 19.7 Å². The minimum Gasteiger partial charge on any atom is -0.506 e. The Morgan fingerprint density at radius 3 is 1.12 bits per heavy atom. The van der Waals surface area contributed by atoms with E-state index in [2.05, 4.69) is 12.1 Å². The maximum Gasteiger partial charge on any atom is 0.142 e. The van der Waals surface area contributed by atoms with Crippen molar-refractivity contribution in [3.05, 3.63) is 83.9 Å². The Balaban J connectivity index is 1.03. The molecule has 4 aromatic rings. The van der Waals surface area contributed by atoms with Gasteiger partial charge in [0.25, 0.3) is 0 Å². The van der Waals surface area contributed by atoms with Crippen LogP contribution in [0.2, 0.25) is 0 Å². The molecule has 0 unspecified atom stereocenters. The van der Waals surface area contributed by atoms with Crippen LogP contribution in [0.1, 0.15) is 88.2 Å². The van der Waals surface area contributed by atoms with E-state index in [-0.39, 0.29) is 22.3 Å². The Morgan fingerprint density at radius 1 is 0.460 bits per heavy atom. The van der Waals surface area contributed by atoms with Gasteiger partial charge in [-0.25, -0.2) is 0 Å². The van der Waals surface area contributed by atoms with E-state index in [4.69, 9.17) is 20.9 Å². The van der Waals surface area contributed by atoms with Gasteiger partial charge in [-0.15, -0.1) is 0 Å². The van der Waals surface area contributed by atoms with Gasteiger partial charge in [0.2, 0.25) is 0 Å². The number of nitrogen functional groups attached to an aromatic ring is 2. The van der Waals surface area contributed by atoms with Crippen LogP contribution in [0.25, 0.3) is 11.1 Å². The zero-order valence-corrected chi connectivity index (χ0v) is 28.7. The second-order valence-electron chi connectivity index (χ2n) is 17.4.